The smallest absolute Gasteiger partial charge is 0.411 e. The lowest BCUT2D eigenvalue weighted by atomic mass is 9.96. The van der Waals surface area contributed by atoms with Crippen LogP contribution < -0.4 is 11.1 Å². The van der Waals surface area contributed by atoms with Gasteiger partial charge >= 0.3 is 6.09 Å². The third-order valence-corrected chi connectivity index (χ3v) is 6.15. The first kappa shape index (κ1) is 26.4. The molecule has 3 aromatic carbocycles. The second-order valence-corrected chi connectivity index (χ2v) is 8.70. The Bertz CT molecular complexity index is 1350. The Balaban J connectivity index is 1.61. The van der Waals surface area contributed by atoms with Crippen LogP contribution in [0.4, 0.5) is 16.2 Å². The molecule has 0 spiro atoms. The van der Waals surface area contributed by atoms with Gasteiger partial charge in [0.15, 0.2) is 0 Å². The second kappa shape index (κ2) is 12.5. The average molecular weight is 511 g/mol. The van der Waals surface area contributed by atoms with Crippen molar-refractivity contribution in [1.29, 1.82) is 0 Å². The molecule has 38 heavy (non-hydrogen) atoms. The number of carbonyl (C=O) groups is 2. The molecular formula is C30H30N4O4. The van der Waals surface area contributed by atoms with Gasteiger partial charge in [0.2, 0.25) is 0 Å². The highest BCUT2D eigenvalue weighted by Crippen LogP contribution is 2.31. The first-order valence-electron chi connectivity index (χ1n) is 12.3. The molecule has 8 heteroatoms. The molecule has 1 aromatic heterocycles. The summed E-state index contributed by atoms with van der Waals surface area (Å²) in [6, 6.07) is 26.5. The Kier molecular flexibility index (Phi) is 8.69. The van der Waals surface area contributed by atoms with E-state index in [0.29, 0.717) is 16.9 Å². The molecule has 0 radical (unpaired) electrons. The van der Waals surface area contributed by atoms with E-state index < -0.39 is 18.2 Å². The Labute approximate surface area is 221 Å². The minimum absolute atomic E-state index is 0.0526. The number of hydrogen-bond donors (Lipinski definition) is 3. The molecule has 8 nitrogen and oxygen atoms in total. The normalized spacial score (nSPS) is 12.3. The number of ether oxygens (including phenoxy) is 1. The van der Waals surface area contributed by atoms with Crippen LogP contribution in [-0.2, 0) is 4.74 Å². The number of aliphatic hydroxyl groups is 1. The van der Waals surface area contributed by atoms with Crippen molar-refractivity contribution < 1.29 is 19.4 Å². The van der Waals surface area contributed by atoms with Gasteiger partial charge in [0.1, 0.15) is 6.10 Å². The molecule has 194 valence electrons. The highest BCUT2D eigenvalue weighted by atomic mass is 16.6. The van der Waals surface area contributed by atoms with Gasteiger partial charge in [-0.2, -0.15) is 0 Å². The average Bonchev–Trinajstić information content (AvgIpc) is 2.95. The largest absolute Gasteiger partial charge is 0.441 e. The first-order chi connectivity index (χ1) is 18.5. The maximum absolute atomic E-state index is 13.4. The number of benzene rings is 3. The summed E-state index contributed by atoms with van der Waals surface area (Å²) < 4.78 is 5.79. The summed E-state index contributed by atoms with van der Waals surface area (Å²) in [6.07, 6.45) is 2.20. The summed E-state index contributed by atoms with van der Waals surface area (Å²) >= 11 is 0. The van der Waals surface area contributed by atoms with Crippen LogP contribution in [0.1, 0.15) is 46.1 Å². The lowest BCUT2D eigenvalue weighted by Crippen LogP contribution is -2.38. The zero-order chi connectivity index (χ0) is 26.9. The minimum atomic E-state index is -0.571. The van der Waals surface area contributed by atoms with Gasteiger partial charge < -0.3 is 20.9 Å². The van der Waals surface area contributed by atoms with Crippen molar-refractivity contribution in [2.45, 2.75) is 19.1 Å². The van der Waals surface area contributed by atoms with E-state index in [1.807, 2.05) is 30.3 Å². The van der Waals surface area contributed by atoms with Crippen LogP contribution in [0.3, 0.4) is 0 Å². The molecule has 2 atom stereocenters. The monoisotopic (exact) mass is 510 g/mol. The number of nitrogens with zero attached hydrogens (tertiary/aromatic N) is 2. The molecule has 0 bridgehead atoms. The molecule has 0 aliphatic heterocycles. The van der Waals surface area contributed by atoms with Crippen molar-refractivity contribution in [1.82, 2.24) is 9.88 Å². The van der Waals surface area contributed by atoms with Crippen molar-refractivity contribution in [2.75, 3.05) is 24.2 Å². The number of aliphatic hydroxyl groups excluding tert-OH is 1. The zero-order valence-electron chi connectivity index (χ0n) is 21.0. The summed E-state index contributed by atoms with van der Waals surface area (Å²) in [6.45, 7) is 1.59. The molecule has 0 fully saturated rings. The molecule has 0 aliphatic rings. The van der Waals surface area contributed by atoms with Gasteiger partial charge in [-0.05, 0) is 60.0 Å². The summed E-state index contributed by atoms with van der Waals surface area (Å²) in [5.41, 5.74) is 9.79. The number of nitrogens with two attached hydrogens (primary N) is 1. The summed E-state index contributed by atoms with van der Waals surface area (Å²) in [7, 11) is 0. The van der Waals surface area contributed by atoms with Gasteiger partial charge in [-0.3, -0.25) is 14.7 Å². The summed E-state index contributed by atoms with van der Waals surface area (Å²) in [4.78, 5) is 31.7. The van der Waals surface area contributed by atoms with Crippen LogP contribution in [-0.4, -0.2) is 40.1 Å². The Morgan fingerprint density at radius 2 is 1.53 bits per heavy atom. The van der Waals surface area contributed by atoms with E-state index in [2.05, 4.69) is 10.3 Å². The standard InChI is InChI=1S/C30H30N4O4/c1-21(22-15-17-32-18-16-22)38-30(37)34(19-20-35)28(23-7-3-2-4-8-23)24-11-13-25(14-12-24)29(36)33-27-10-6-5-9-26(27)31/h2-18,21,28,35H,19-20,31H2,1H3,(H,33,36)/t21-,28?/m0/s1. The van der Waals surface area contributed by atoms with E-state index in [1.165, 1.54) is 4.90 Å². The number of amides is 2. The minimum Gasteiger partial charge on any atom is -0.441 e. The predicted octanol–water partition coefficient (Wildman–Crippen LogP) is 5.20. The zero-order valence-corrected chi connectivity index (χ0v) is 21.0. The fraction of sp³-hybridized carbons (Fsp3) is 0.167. The molecule has 0 saturated heterocycles. The van der Waals surface area contributed by atoms with Crippen molar-refractivity contribution in [3.05, 3.63) is 126 Å². The second-order valence-electron chi connectivity index (χ2n) is 8.70. The van der Waals surface area contributed by atoms with Crippen molar-refractivity contribution >= 4 is 23.4 Å². The van der Waals surface area contributed by atoms with Gasteiger partial charge in [-0.1, -0.05) is 54.6 Å². The van der Waals surface area contributed by atoms with Crippen LogP contribution in [0.15, 0.2) is 103 Å². The lowest BCUT2D eigenvalue weighted by molar-refractivity contribution is 0.0550. The molecule has 1 unspecified atom stereocenters. The van der Waals surface area contributed by atoms with E-state index >= 15 is 0 Å². The Morgan fingerprint density at radius 3 is 2.18 bits per heavy atom. The maximum atomic E-state index is 13.4. The van der Waals surface area contributed by atoms with Crippen molar-refractivity contribution in [3.8, 4) is 0 Å². The van der Waals surface area contributed by atoms with Crippen LogP contribution in [0.2, 0.25) is 0 Å². The van der Waals surface area contributed by atoms with Crippen LogP contribution in [0, 0.1) is 0 Å². The maximum Gasteiger partial charge on any atom is 0.411 e. The Hall–Kier alpha value is -4.69. The Morgan fingerprint density at radius 1 is 0.895 bits per heavy atom. The molecule has 4 N–H and O–H groups in total. The lowest BCUT2D eigenvalue weighted by Gasteiger charge is -2.32. The molecule has 0 aliphatic carbocycles. The number of pyridine rings is 1. The number of carbonyl (C=O) groups excluding carboxylic acids is 2. The van der Waals surface area contributed by atoms with Crippen LogP contribution in [0.25, 0.3) is 0 Å². The molecule has 4 aromatic rings. The summed E-state index contributed by atoms with van der Waals surface area (Å²) in [5, 5.41) is 12.7. The SMILES string of the molecule is C[C@H](OC(=O)N(CCO)C(c1ccccc1)c1ccc(C(=O)Nc2ccccc2N)cc1)c1ccncc1. The summed E-state index contributed by atoms with van der Waals surface area (Å²) in [5.74, 6) is -0.302. The highest BCUT2D eigenvalue weighted by molar-refractivity contribution is 6.05. The van der Waals surface area contributed by atoms with Gasteiger partial charge in [-0.15, -0.1) is 0 Å². The number of nitrogens with one attached hydrogen (secondary N) is 1. The quantitative estimate of drug-likeness (QED) is 0.267. The highest BCUT2D eigenvalue weighted by Gasteiger charge is 2.29. The third-order valence-electron chi connectivity index (χ3n) is 6.15. The molecule has 4 rings (SSSR count). The van der Waals surface area contributed by atoms with Crippen LogP contribution in [0.5, 0.6) is 0 Å². The fourth-order valence-corrected chi connectivity index (χ4v) is 4.16. The fourth-order valence-electron chi connectivity index (χ4n) is 4.16. The molecule has 0 saturated carbocycles. The van der Waals surface area contributed by atoms with E-state index in [9.17, 15) is 14.7 Å². The number of hydrogen-bond acceptors (Lipinski definition) is 6. The topological polar surface area (TPSA) is 118 Å². The number of aromatic nitrogens is 1. The van der Waals surface area contributed by atoms with Gasteiger partial charge in [-0.25, -0.2) is 4.79 Å². The number of anilines is 2. The number of para-hydroxylation sites is 2. The molecule has 2 amide bonds. The van der Waals surface area contributed by atoms with E-state index in [4.69, 9.17) is 10.5 Å². The molecular weight excluding hydrogens is 480 g/mol. The first-order valence-corrected chi connectivity index (χ1v) is 12.3. The van der Waals surface area contributed by atoms with E-state index in [-0.39, 0.29) is 19.1 Å². The van der Waals surface area contributed by atoms with E-state index in [1.54, 1.807) is 80.0 Å². The van der Waals surface area contributed by atoms with Gasteiger partial charge in [0.05, 0.1) is 24.0 Å². The van der Waals surface area contributed by atoms with Crippen molar-refractivity contribution in [3.63, 3.8) is 0 Å². The van der Waals surface area contributed by atoms with Gasteiger partial charge in [0, 0.05) is 24.5 Å². The van der Waals surface area contributed by atoms with Crippen LogP contribution >= 0.6 is 0 Å². The number of nitrogen functional groups attached to an aromatic ring is 1. The van der Waals surface area contributed by atoms with Gasteiger partial charge in [0.25, 0.3) is 5.91 Å². The van der Waals surface area contributed by atoms with E-state index in [0.717, 1.165) is 16.7 Å². The third kappa shape index (κ3) is 6.35. The number of rotatable bonds is 9. The molecule has 1 heterocycles. The van der Waals surface area contributed by atoms with Crippen molar-refractivity contribution in [2.24, 2.45) is 0 Å². The predicted molar refractivity (Wildman–Crippen MR) is 146 cm³/mol.